The standard InChI is InChI=1S/C19H17NO5/c21-18(20-13-2-4-14-17(10-13)23-8-7-22-14)19(5-6-19)12-1-3-15-16(9-12)25-11-24-15/h1-4,9-10H,5-8,11H2,(H,20,21). The number of fused-ring (bicyclic) bond motifs is 2. The van der Waals surface area contributed by atoms with Gasteiger partial charge in [0.2, 0.25) is 12.7 Å². The van der Waals surface area contributed by atoms with Crippen LogP contribution in [-0.4, -0.2) is 25.9 Å². The molecule has 0 saturated heterocycles. The Kier molecular flexibility index (Phi) is 3.07. The molecule has 1 amide bonds. The van der Waals surface area contributed by atoms with Crippen LogP contribution < -0.4 is 24.3 Å². The summed E-state index contributed by atoms with van der Waals surface area (Å²) in [5.74, 6) is 2.80. The van der Waals surface area contributed by atoms with Crippen LogP contribution in [0.2, 0.25) is 0 Å². The van der Waals surface area contributed by atoms with Gasteiger partial charge >= 0.3 is 0 Å². The lowest BCUT2D eigenvalue weighted by molar-refractivity contribution is -0.118. The maximum Gasteiger partial charge on any atom is 0.235 e. The van der Waals surface area contributed by atoms with Crippen molar-refractivity contribution in [3.63, 3.8) is 0 Å². The highest BCUT2D eigenvalue weighted by atomic mass is 16.7. The number of nitrogens with one attached hydrogen (secondary N) is 1. The lowest BCUT2D eigenvalue weighted by atomic mass is 9.94. The summed E-state index contributed by atoms with van der Waals surface area (Å²) in [5, 5.41) is 3.01. The summed E-state index contributed by atoms with van der Waals surface area (Å²) in [4.78, 5) is 12.9. The molecule has 6 nitrogen and oxygen atoms in total. The molecular weight excluding hydrogens is 322 g/mol. The molecule has 25 heavy (non-hydrogen) atoms. The van der Waals surface area contributed by atoms with Crippen molar-refractivity contribution in [1.29, 1.82) is 0 Å². The van der Waals surface area contributed by atoms with Gasteiger partial charge in [0, 0.05) is 11.8 Å². The topological polar surface area (TPSA) is 66.0 Å². The van der Waals surface area contributed by atoms with Crippen molar-refractivity contribution in [2.24, 2.45) is 0 Å². The number of hydrogen-bond acceptors (Lipinski definition) is 5. The molecule has 1 aliphatic carbocycles. The number of carbonyl (C=O) groups is 1. The Hall–Kier alpha value is -2.89. The van der Waals surface area contributed by atoms with Gasteiger partial charge in [-0.25, -0.2) is 0 Å². The summed E-state index contributed by atoms with van der Waals surface area (Å²) in [7, 11) is 0. The van der Waals surface area contributed by atoms with Crippen LogP contribution in [0.25, 0.3) is 0 Å². The number of rotatable bonds is 3. The minimum atomic E-state index is -0.492. The number of anilines is 1. The van der Waals surface area contributed by atoms with Crippen LogP contribution in [-0.2, 0) is 10.2 Å². The number of hydrogen-bond donors (Lipinski definition) is 1. The van der Waals surface area contributed by atoms with E-state index in [1.807, 2.05) is 36.4 Å². The zero-order chi connectivity index (χ0) is 16.9. The number of carbonyl (C=O) groups excluding carboxylic acids is 1. The fourth-order valence-electron chi connectivity index (χ4n) is 3.34. The molecule has 0 spiro atoms. The third-order valence-corrected chi connectivity index (χ3v) is 4.91. The highest BCUT2D eigenvalue weighted by Gasteiger charge is 2.51. The van der Waals surface area contributed by atoms with Crippen LogP contribution in [0.15, 0.2) is 36.4 Å². The summed E-state index contributed by atoms with van der Waals surface area (Å²) in [6.45, 7) is 1.30. The van der Waals surface area contributed by atoms with Gasteiger partial charge in [-0.2, -0.15) is 0 Å². The molecule has 128 valence electrons. The first-order chi connectivity index (χ1) is 12.2. The Balaban J connectivity index is 1.39. The van der Waals surface area contributed by atoms with E-state index in [0.717, 1.165) is 24.2 Å². The van der Waals surface area contributed by atoms with E-state index in [1.165, 1.54) is 0 Å². The van der Waals surface area contributed by atoms with Gasteiger partial charge in [0.25, 0.3) is 0 Å². The molecule has 1 fully saturated rings. The van der Waals surface area contributed by atoms with Crippen molar-refractivity contribution in [1.82, 2.24) is 0 Å². The summed E-state index contributed by atoms with van der Waals surface area (Å²) < 4.78 is 21.9. The molecule has 0 aromatic heterocycles. The van der Waals surface area contributed by atoms with Crippen LogP contribution in [0.1, 0.15) is 18.4 Å². The van der Waals surface area contributed by atoms with Crippen LogP contribution in [0.4, 0.5) is 5.69 Å². The molecule has 5 rings (SSSR count). The molecule has 3 aliphatic rings. The van der Waals surface area contributed by atoms with Crippen molar-refractivity contribution >= 4 is 11.6 Å². The van der Waals surface area contributed by atoms with Crippen molar-refractivity contribution in [2.45, 2.75) is 18.3 Å². The Morgan fingerprint density at radius 1 is 0.840 bits per heavy atom. The molecular formula is C19H17NO5. The maximum atomic E-state index is 12.9. The Labute approximate surface area is 144 Å². The van der Waals surface area contributed by atoms with E-state index >= 15 is 0 Å². The first kappa shape index (κ1) is 14.5. The van der Waals surface area contributed by atoms with Crippen LogP contribution >= 0.6 is 0 Å². The Morgan fingerprint density at radius 3 is 2.36 bits per heavy atom. The average molecular weight is 339 g/mol. The van der Waals surface area contributed by atoms with E-state index in [4.69, 9.17) is 18.9 Å². The largest absolute Gasteiger partial charge is 0.486 e. The number of benzene rings is 2. The van der Waals surface area contributed by atoms with Gasteiger partial charge in [-0.1, -0.05) is 6.07 Å². The molecule has 2 aliphatic heterocycles. The van der Waals surface area contributed by atoms with E-state index < -0.39 is 5.41 Å². The summed E-state index contributed by atoms with van der Waals surface area (Å²) in [5.41, 5.74) is 1.18. The van der Waals surface area contributed by atoms with Crippen LogP contribution in [0, 0.1) is 0 Å². The average Bonchev–Trinajstić information content (AvgIpc) is 3.33. The van der Waals surface area contributed by atoms with Gasteiger partial charge in [0.15, 0.2) is 23.0 Å². The first-order valence-electron chi connectivity index (χ1n) is 8.36. The molecule has 2 aromatic rings. The third kappa shape index (κ3) is 2.36. The SMILES string of the molecule is O=C(Nc1ccc2c(c1)OCCO2)C1(c2ccc3c(c2)OCO3)CC1. The molecule has 1 N–H and O–H groups in total. The highest BCUT2D eigenvalue weighted by molar-refractivity contribution is 6.01. The summed E-state index contributed by atoms with van der Waals surface area (Å²) in [6.07, 6.45) is 1.64. The Bertz CT molecular complexity index is 859. The van der Waals surface area contributed by atoms with E-state index in [9.17, 15) is 4.79 Å². The highest BCUT2D eigenvalue weighted by Crippen LogP contribution is 2.51. The predicted molar refractivity (Wildman–Crippen MR) is 89.5 cm³/mol. The smallest absolute Gasteiger partial charge is 0.235 e. The molecule has 2 aromatic carbocycles. The van der Waals surface area contributed by atoms with Gasteiger partial charge < -0.3 is 24.3 Å². The van der Waals surface area contributed by atoms with Crippen molar-refractivity contribution in [3.05, 3.63) is 42.0 Å². The zero-order valence-corrected chi connectivity index (χ0v) is 13.5. The van der Waals surface area contributed by atoms with Gasteiger partial charge in [0.05, 0.1) is 5.41 Å². The maximum absolute atomic E-state index is 12.9. The first-order valence-corrected chi connectivity index (χ1v) is 8.36. The molecule has 0 bridgehead atoms. The summed E-state index contributed by atoms with van der Waals surface area (Å²) >= 11 is 0. The number of ether oxygens (including phenoxy) is 4. The van der Waals surface area contributed by atoms with E-state index in [0.29, 0.717) is 36.1 Å². The Morgan fingerprint density at radius 2 is 1.52 bits per heavy atom. The normalized spacial score (nSPS) is 18.6. The van der Waals surface area contributed by atoms with Crippen molar-refractivity contribution < 1.29 is 23.7 Å². The fraction of sp³-hybridized carbons (Fsp3) is 0.316. The zero-order valence-electron chi connectivity index (χ0n) is 13.5. The van der Waals surface area contributed by atoms with Gasteiger partial charge in [-0.15, -0.1) is 0 Å². The molecule has 0 unspecified atom stereocenters. The third-order valence-electron chi connectivity index (χ3n) is 4.91. The van der Waals surface area contributed by atoms with Gasteiger partial charge in [0.1, 0.15) is 13.2 Å². The van der Waals surface area contributed by atoms with Crippen LogP contribution in [0.3, 0.4) is 0 Å². The number of amides is 1. The quantitative estimate of drug-likeness (QED) is 0.931. The predicted octanol–water partition coefficient (Wildman–Crippen LogP) is 2.86. The second-order valence-corrected chi connectivity index (χ2v) is 6.46. The monoisotopic (exact) mass is 339 g/mol. The molecule has 2 heterocycles. The van der Waals surface area contributed by atoms with Crippen LogP contribution in [0.5, 0.6) is 23.0 Å². The van der Waals surface area contributed by atoms with Crippen molar-refractivity contribution in [3.8, 4) is 23.0 Å². The molecule has 6 heteroatoms. The minimum Gasteiger partial charge on any atom is -0.486 e. The van der Waals surface area contributed by atoms with E-state index in [2.05, 4.69) is 5.32 Å². The van der Waals surface area contributed by atoms with Gasteiger partial charge in [-0.05, 0) is 42.7 Å². The van der Waals surface area contributed by atoms with Crippen molar-refractivity contribution in [2.75, 3.05) is 25.3 Å². The second-order valence-electron chi connectivity index (χ2n) is 6.46. The molecule has 0 atom stereocenters. The lowest BCUT2D eigenvalue weighted by Crippen LogP contribution is -2.28. The molecule has 1 saturated carbocycles. The van der Waals surface area contributed by atoms with Gasteiger partial charge in [-0.3, -0.25) is 4.79 Å². The lowest BCUT2D eigenvalue weighted by Gasteiger charge is -2.20. The summed E-state index contributed by atoms with van der Waals surface area (Å²) in [6, 6.07) is 11.2. The van der Waals surface area contributed by atoms with E-state index in [-0.39, 0.29) is 12.7 Å². The second kappa shape index (κ2) is 5.31. The molecule has 0 radical (unpaired) electrons. The van der Waals surface area contributed by atoms with E-state index in [1.54, 1.807) is 0 Å². The fourth-order valence-corrected chi connectivity index (χ4v) is 3.34. The minimum absolute atomic E-state index is 0.0111.